The predicted octanol–water partition coefficient (Wildman–Crippen LogP) is 4.56. The number of Topliss-reactive ketones (excluding diaryl/α,β-unsaturated/α-hetero) is 1. The molecular weight excluding hydrogens is 470 g/mol. The van der Waals surface area contributed by atoms with Gasteiger partial charge in [-0.3, -0.25) is 14.4 Å². The minimum Gasteiger partial charge on any atom is -0.466 e. The monoisotopic (exact) mass is 515 g/mol. The van der Waals surface area contributed by atoms with Crippen molar-refractivity contribution < 1.29 is 38.1 Å². The van der Waals surface area contributed by atoms with E-state index >= 15 is 0 Å². The highest BCUT2D eigenvalue weighted by Crippen LogP contribution is 2.27. The SMILES string of the molecule is CCCCOCC(COCCC(=O)OCC)(COCCC(=O)OCC)CC(=O)CCCCCN=[N+]=[N-]. The number of azide groups is 1. The van der Waals surface area contributed by atoms with Crippen molar-refractivity contribution in [1.82, 2.24) is 0 Å². The van der Waals surface area contributed by atoms with Gasteiger partial charge in [-0.15, -0.1) is 0 Å². The summed E-state index contributed by atoms with van der Waals surface area (Å²) in [5.41, 5.74) is 7.60. The van der Waals surface area contributed by atoms with Gasteiger partial charge in [-0.2, -0.15) is 0 Å². The molecule has 0 spiro atoms. The van der Waals surface area contributed by atoms with E-state index in [4.69, 9.17) is 29.2 Å². The van der Waals surface area contributed by atoms with E-state index in [-0.39, 0.29) is 70.0 Å². The Balaban J connectivity index is 5.14. The number of hydrogen-bond acceptors (Lipinski definition) is 9. The standard InChI is InChI=1S/C25H45N3O8/c1-4-7-15-32-19-25(20-33-16-12-23(30)35-5-2,21-34-17-13-24(31)36-6-3)18-22(29)11-9-8-10-14-27-28-26/h4-21H2,1-3H3. The van der Waals surface area contributed by atoms with Crippen molar-refractivity contribution in [1.29, 1.82) is 0 Å². The molecule has 0 N–H and O–H groups in total. The van der Waals surface area contributed by atoms with E-state index in [1.165, 1.54) is 0 Å². The number of rotatable bonds is 25. The zero-order valence-electron chi connectivity index (χ0n) is 22.3. The Hall–Kier alpha value is -2.20. The average molecular weight is 516 g/mol. The molecule has 0 heterocycles. The zero-order valence-corrected chi connectivity index (χ0v) is 22.3. The maximum absolute atomic E-state index is 12.9. The number of ether oxygens (including phenoxy) is 5. The topological polar surface area (TPSA) is 146 Å². The van der Waals surface area contributed by atoms with Crippen LogP contribution in [0.1, 0.15) is 78.6 Å². The van der Waals surface area contributed by atoms with Crippen molar-refractivity contribution in [3.05, 3.63) is 10.4 Å². The molecule has 0 unspecified atom stereocenters. The zero-order chi connectivity index (χ0) is 26.9. The van der Waals surface area contributed by atoms with Crippen molar-refractivity contribution in [2.45, 2.75) is 78.6 Å². The van der Waals surface area contributed by atoms with E-state index in [1.807, 2.05) is 0 Å². The number of nitrogens with zero attached hydrogens (tertiary/aromatic N) is 3. The van der Waals surface area contributed by atoms with Gasteiger partial charge < -0.3 is 23.7 Å². The summed E-state index contributed by atoms with van der Waals surface area (Å²) in [6.45, 7) is 8.05. The van der Waals surface area contributed by atoms with E-state index in [1.54, 1.807) is 13.8 Å². The number of esters is 2. The van der Waals surface area contributed by atoms with Crippen LogP contribution in [0.25, 0.3) is 10.4 Å². The highest BCUT2D eigenvalue weighted by molar-refractivity contribution is 5.79. The summed E-state index contributed by atoms with van der Waals surface area (Å²) >= 11 is 0. The molecule has 0 aliphatic rings. The first-order chi connectivity index (χ1) is 17.4. The Bertz CT molecular complexity index is 627. The van der Waals surface area contributed by atoms with Crippen LogP contribution in [-0.4, -0.2) is 77.1 Å². The van der Waals surface area contributed by atoms with Gasteiger partial charge in [-0.1, -0.05) is 24.9 Å². The van der Waals surface area contributed by atoms with Crippen LogP contribution >= 0.6 is 0 Å². The normalized spacial score (nSPS) is 11.1. The summed E-state index contributed by atoms with van der Waals surface area (Å²) in [6.07, 6.45) is 4.89. The van der Waals surface area contributed by atoms with E-state index in [0.29, 0.717) is 39.2 Å². The number of ketones is 1. The van der Waals surface area contributed by atoms with Crippen molar-refractivity contribution >= 4 is 17.7 Å². The Morgan fingerprint density at radius 1 is 0.750 bits per heavy atom. The fourth-order valence-corrected chi connectivity index (χ4v) is 3.40. The molecule has 0 aromatic rings. The maximum atomic E-state index is 12.9. The van der Waals surface area contributed by atoms with Crippen molar-refractivity contribution in [3.8, 4) is 0 Å². The van der Waals surface area contributed by atoms with Gasteiger partial charge in [0.1, 0.15) is 5.78 Å². The molecule has 208 valence electrons. The molecule has 0 bridgehead atoms. The highest BCUT2D eigenvalue weighted by atomic mass is 16.5. The van der Waals surface area contributed by atoms with Crippen molar-refractivity contribution in [2.24, 2.45) is 10.5 Å². The minimum absolute atomic E-state index is 0.0564. The molecule has 0 atom stereocenters. The molecule has 11 nitrogen and oxygen atoms in total. The molecule has 0 amide bonds. The van der Waals surface area contributed by atoms with Crippen LogP contribution in [0.5, 0.6) is 0 Å². The number of carbonyl (C=O) groups is 3. The first-order valence-electron chi connectivity index (χ1n) is 13.0. The summed E-state index contributed by atoms with van der Waals surface area (Å²) in [4.78, 5) is 38.9. The lowest BCUT2D eigenvalue weighted by Crippen LogP contribution is -2.40. The van der Waals surface area contributed by atoms with Crippen molar-refractivity contribution in [2.75, 3.05) is 59.4 Å². The van der Waals surface area contributed by atoms with Crippen LogP contribution in [0.2, 0.25) is 0 Å². The molecule has 0 aromatic heterocycles. The lowest BCUT2D eigenvalue weighted by atomic mass is 9.84. The molecular formula is C25H45N3O8. The Kier molecular flexibility index (Phi) is 21.8. The van der Waals surface area contributed by atoms with Gasteiger partial charge in [0.25, 0.3) is 0 Å². The van der Waals surface area contributed by atoms with Gasteiger partial charge in [0, 0.05) is 36.3 Å². The molecule has 0 saturated heterocycles. The second-order valence-corrected chi connectivity index (χ2v) is 8.60. The van der Waals surface area contributed by atoms with Gasteiger partial charge in [0.05, 0.1) is 59.1 Å². The third-order valence-electron chi connectivity index (χ3n) is 5.23. The van der Waals surface area contributed by atoms with Crippen LogP contribution in [0.3, 0.4) is 0 Å². The van der Waals surface area contributed by atoms with Gasteiger partial charge in [-0.05, 0) is 38.6 Å². The lowest BCUT2D eigenvalue weighted by molar-refractivity contribution is -0.146. The number of hydrogen-bond donors (Lipinski definition) is 0. The summed E-state index contributed by atoms with van der Waals surface area (Å²) in [6, 6.07) is 0. The van der Waals surface area contributed by atoms with Gasteiger partial charge in [-0.25, -0.2) is 0 Å². The van der Waals surface area contributed by atoms with Crippen LogP contribution in [-0.2, 0) is 38.1 Å². The number of unbranched alkanes of at least 4 members (excludes halogenated alkanes) is 3. The summed E-state index contributed by atoms with van der Waals surface area (Å²) in [5, 5.41) is 3.51. The molecule has 11 heteroatoms. The summed E-state index contributed by atoms with van der Waals surface area (Å²) < 4.78 is 27.4. The first kappa shape index (κ1) is 33.8. The second kappa shape index (κ2) is 23.2. The molecule has 0 rings (SSSR count). The third kappa shape index (κ3) is 19.0. The smallest absolute Gasteiger partial charge is 0.308 e. The van der Waals surface area contributed by atoms with Crippen LogP contribution in [0, 0.1) is 5.41 Å². The molecule has 0 saturated carbocycles. The average Bonchev–Trinajstić information content (AvgIpc) is 2.85. The quantitative estimate of drug-likeness (QED) is 0.0565. The molecule has 36 heavy (non-hydrogen) atoms. The first-order valence-corrected chi connectivity index (χ1v) is 13.0. The van der Waals surface area contributed by atoms with Gasteiger partial charge in [0.2, 0.25) is 0 Å². The summed E-state index contributed by atoms with van der Waals surface area (Å²) in [5.74, 6) is -0.629. The third-order valence-corrected chi connectivity index (χ3v) is 5.23. The fraction of sp³-hybridized carbons (Fsp3) is 0.880. The second-order valence-electron chi connectivity index (χ2n) is 8.60. The lowest BCUT2D eigenvalue weighted by Gasteiger charge is -2.33. The van der Waals surface area contributed by atoms with Crippen LogP contribution < -0.4 is 0 Å². The van der Waals surface area contributed by atoms with E-state index in [2.05, 4.69) is 16.9 Å². The molecule has 0 aromatic carbocycles. The van der Waals surface area contributed by atoms with E-state index in [0.717, 1.165) is 25.7 Å². The van der Waals surface area contributed by atoms with Gasteiger partial charge in [0.15, 0.2) is 0 Å². The Morgan fingerprint density at radius 3 is 1.81 bits per heavy atom. The maximum Gasteiger partial charge on any atom is 0.308 e. The Morgan fingerprint density at radius 2 is 1.31 bits per heavy atom. The van der Waals surface area contributed by atoms with E-state index < -0.39 is 5.41 Å². The van der Waals surface area contributed by atoms with Crippen LogP contribution in [0.15, 0.2) is 5.11 Å². The van der Waals surface area contributed by atoms with E-state index in [9.17, 15) is 14.4 Å². The van der Waals surface area contributed by atoms with Crippen LogP contribution in [0.4, 0.5) is 0 Å². The largest absolute Gasteiger partial charge is 0.466 e. The summed E-state index contributed by atoms with van der Waals surface area (Å²) in [7, 11) is 0. The van der Waals surface area contributed by atoms with Crippen molar-refractivity contribution in [3.63, 3.8) is 0 Å². The minimum atomic E-state index is -0.751. The molecule has 0 aliphatic carbocycles. The predicted molar refractivity (Wildman–Crippen MR) is 134 cm³/mol. The molecule has 0 fully saturated rings. The molecule has 0 aliphatic heterocycles. The molecule has 0 radical (unpaired) electrons. The number of carbonyl (C=O) groups excluding carboxylic acids is 3. The Labute approximate surface area is 215 Å². The highest BCUT2D eigenvalue weighted by Gasteiger charge is 2.34. The van der Waals surface area contributed by atoms with Gasteiger partial charge >= 0.3 is 11.9 Å². The fourth-order valence-electron chi connectivity index (χ4n) is 3.40.